The molecule has 7 heteroatoms. The van der Waals surface area contributed by atoms with Crippen LogP contribution in [0.25, 0.3) is 0 Å². The van der Waals surface area contributed by atoms with Crippen LogP contribution in [0.5, 0.6) is 0 Å². The van der Waals surface area contributed by atoms with Gasteiger partial charge in [0, 0.05) is 55.2 Å². The van der Waals surface area contributed by atoms with Crippen molar-refractivity contribution in [3.05, 3.63) is 88.5 Å². The van der Waals surface area contributed by atoms with Crippen LogP contribution in [0.4, 0.5) is 17.1 Å². The van der Waals surface area contributed by atoms with Crippen molar-refractivity contribution < 1.29 is 9.59 Å². The van der Waals surface area contributed by atoms with Crippen molar-refractivity contribution in [3.8, 4) is 0 Å². The van der Waals surface area contributed by atoms with E-state index in [0.29, 0.717) is 24.2 Å². The van der Waals surface area contributed by atoms with E-state index in [0.717, 1.165) is 48.6 Å². The average molecular weight is 484 g/mol. The lowest BCUT2D eigenvalue weighted by Crippen LogP contribution is -2.45. The fourth-order valence-electron chi connectivity index (χ4n) is 5.24. The summed E-state index contributed by atoms with van der Waals surface area (Å²) >= 11 is 0. The molecule has 2 amide bonds. The maximum Gasteiger partial charge on any atom is 0.255 e. The van der Waals surface area contributed by atoms with Gasteiger partial charge in [-0.25, -0.2) is 0 Å². The largest absolute Gasteiger partial charge is 0.399 e. The van der Waals surface area contributed by atoms with Crippen LogP contribution in [0.2, 0.25) is 0 Å². The highest BCUT2D eigenvalue weighted by molar-refractivity contribution is 6.04. The third-order valence-corrected chi connectivity index (χ3v) is 7.17. The van der Waals surface area contributed by atoms with Crippen molar-refractivity contribution >= 4 is 28.9 Å². The minimum Gasteiger partial charge on any atom is -0.399 e. The molecule has 0 aromatic heterocycles. The lowest BCUT2D eigenvalue weighted by atomic mass is 9.99. The van der Waals surface area contributed by atoms with Crippen molar-refractivity contribution in [2.45, 2.75) is 38.9 Å². The SMILES string of the molecule is CCN1c2cc(N)ccc2CC1C(=O)NCc1cccc(C(=O)Nc2ccc3c(c2)CN(C)CC3)c1. The van der Waals surface area contributed by atoms with Crippen LogP contribution >= 0.6 is 0 Å². The second-order valence-corrected chi connectivity index (χ2v) is 9.74. The molecule has 5 rings (SSSR count). The first kappa shape index (κ1) is 23.9. The second kappa shape index (κ2) is 10.0. The number of carbonyl (C=O) groups excluding carboxylic acids is 2. The lowest BCUT2D eigenvalue weighted by Gasteiger charge is -2.25. The number of anilines is 3. The van der Waals surface area contributed by atoms with Crippen molar-refractivity contribution in [1.82, 2.24) is 10.2 Å². The Morgan fingerprint density at radius 3 is 2.69 bits per heavy atom. The number of hydrogen-bond donors (Lipinski definition) is 3. The van der Waals surface area contributed by atoms with E-state index in [4.69, 9.17) is 5.73 Å². The summed E-state index contributed by atoms with van der Waals surface area (Å²) in [6.07, 6.45) is 1.69. The van der Waals surface area contributed by atoms with E-state index in [1.54, 1.807) is 6.07 Å². The average Bonchev–Trinajstić information content (AvgIpc) is 3.25. The van der Waals surface area contributed by atoms with Gasteiger partial charge in [-0.3, -0.25) is 9.59 Å². The normalized spacial score (nSPS) is 16.8. The van der Waals surface area contributed by atoms with E-state index in [1.165, 1.54) is 11.1 Å². The second-order valence-electron chi connectivity index (χ2n) is 9.74. The first-order valence-corrected chi connectivity index (χ1v) is 12.5. The molecule has 36 heavy (non-hydrogen) atoms. The number of hydrogen-bond acceptors (Lipinski definition) is 5. The smallest absolute Gasteiger partial charge is 0.255 e. The number of nitrogens with zero attached hydrogens (tertiary/aromatic N) is 2. The van der Waals surface area contributed by atoms with Crippen molar-refractivity contribution in [2.75, 3.05) is 36.1 Å². The Balaban J connectivity index is 1.22. The number of rotatable bonds is 6. The summed E-state index contributed by atoms with van der Waals surface area (Å²) in [5, 5.41) is 6.09. The highest BCUT2D eigenvalue weighted by Crippen LogP contribution is 2.33. The van der Waals surface area contributed by atoms with Gasteiger partial charge in [0.15, 0.2) is 0 Å². The Kier molecular flexibility index (Phi) is 6.65. The number of nitrogens with two attached hydrogens (primary N) is 1. The molecule has 4 N–H and O–H groups in total. The summed E-state index contributed by atoms with van der Waals surface area (Å²) in [5.41, 5.74) is 13.7. The summed E-state index contributed by atoms with van der Waals surface area (Å²) < 4.78 is 0. The highest BCUT2D eigenvalue weighted by Gasteiger charge is 2.33. The van der Waals surface area contributed by atoms with Crippen LogP contribution in [0.3, 0.4) is 0 Å². The predicted octanol–water partition coefficient (Wildman–Crippen LogP) is 3.58. The van der Waals surface area contributed by atoms with E-state index >= 15 is 0 Å². The van der Waals surface area contributed by atoms with Crippen LogP contribution in [0.15, 0.2) is 60.7 Å². The molecule has 186 valence electrons. The van der Waals surface area contributed by atoms with Crippen LogP contribution in [-0.4, -0.2) is 42.9 Å². The predicted molar refractivity (Wildman–Crippen MR) is 144 cm³/mol. The molecule has 1 atom stereocenters. The summed E-state index contributed by atoms with van der Waals surface area (Å²) in [5.74, 6) is -0.186. The first-order chi connectivity index (χ1) is 17.4. The van der Waals surface area contributed by atoms with Gasteiger partial charge in [-0.1, -0.05) is 24.3 Å². The van der Waals surface area contributed by atoms with E-state index in [9.17, 15) is 9.59 Å². The molecule has 0 bridgehead atoms. The molecule has 2 aliphatic rings. The van der Waals surface area contributed by atoms with E-state index in [-0.39, 0.29) is 17.9 Å². The van der Waals surface area contributed by atoms with Gasteiger partial charge in [0.05, 0.1) is 0 Å². The highest BCUT2D eigenvalue weighted by atomic mass is 16.2. The van der Waals surface area contributed by atoms with Gasteiger partial charge in [-0.15, -0.1) is 0 Å². The summed E-state index contributed by atoms with van der Waals surface area (Å²) in [6, 6.07) is 19.1. The summed E-state index contributed by atoms with van der Waals surface area (Å²) in [6.45, 7) is 5.08. The zero-order chi connectivity index (χ0) is 25.2. The van der Waals surface area contributed by atoms with Gasteiger partial charge in [-0.2, -0.15) is 0 Å². The number of likely N-dealkylation sites (N-methyl/N-ethyl adjacent to an activating group) is 2. The number of carbonyl (C=O) groups is 2. The Labute approximate surface area is 212 Å². The summed E-state index contributed by atoms with van der Waals surface area (Å²) in [4.78, 5) is 30.4. The van der Waals surface area contributed by atoms with Gasteiger partial charge in [0.25, 0.3) is 5.91 Å². The molecule has 2 aliphatic heterocycles. The van der Waals surface area contributed by atoms with Crippen LogP contribution in [0.1, 0.15) is 39.5 Å². The van der Waals surface area contributed by atoms with Gasteiger partial charge >= 0.3 is 0 Å². The third kappa shape index (κ3) is 4.93. The monoisotopic (exact) mass is 483 g/mol. The van der Waals surface area contributed by atoms with Gasteiger partial charge in [-0.05, 0) is 79.0 Å². The molecule has 0 saturated heterocycles. The van der Waals surface area contributed by atoms with Gasteiger partial charge in [0.1, 0.15) is 6.04 Å². The Morgan fingerprint density at radius 2 is 1.86 bits per heavy atom. The van der Waals surface area contributed by atoms with Crippen LogP contribution < -0.4 is 21.3 Å². The standard InChI is InChI=1S/C29H33N5O2/c1-3-34-26-16-24(30)9-7-21(26)15-27(34)29(36)31-17-19-5-4-6-22(13-19)28(35)32-25-10-8-20-11-12-33(2)18-23(20)14-25/h4-10,13-14,16,27H,3,11-12,15,17-18,30H2,1-2H3,(H,31,36)(H,32,35). The summed E-state index contributed by atoms with van der Waals surface area (Å²) in [7, 11) is 2.11. The Morgan fingerprint density at radius 1 is 1.03 bits per heavy atom. The van der Waals surface area contributed by atoms with Crippen LogP contribution in [-0.2, 0) is 30.7 Å². The van der Waals surface area contributed by atoms with E-state index < -0.39 is 0 Å². The number of benzene rings is 3. The van der Waals surface area contributed by atoms with Gasteiger partial charge in [0.2, 0.25) is 5.91 Å². The number of amides is 2. The Bertz CT molecular complexity index is 1300. The topological polar surface area (TPSA) is 90.7 Å². The zero-order valence-corrected chi connectivity index (χ0v) is 20.9. The quantitative estimate of drug-likeness (QED) is 0.467. The molecule has 3 aromatic rings. The van der Waals surface area contributed by atoms with E-state index in [1.807, 2.05) is 49.4 Å². The van der Waals surface area contributed by atoms with Crippen molar-refractivity contribution in [3.63, 3.8) is 0 Å². The molecule has 7 nitrogen and oxygen atoms in total. The van der Waals surface area contributed by atoms with Crippen molar-refractivity contribution in [1.29, 1.82) is 0 Å². The molecule has 0 radical (unpaired) electrons. The fourth-order valence-corrected chi connectivity index (χ4v) is 5.24. The van der Waals surface area contributed by atoms with Gasteiger partial charge < -0.3 is 26.2 Å². The molecule has 0 fully saturated rings. The molecule has 0 saturated carbocycles. The fraction of sp³-hybridized carbons (Fsp3) is 0.310. The van der Waals surface area contributed by atoms with Crippen molar-refractivity contribution in [2.24, 2.45) is 0 Å². The molecule has 0 spiro atoms. The minimum atomic E-state index is -0.263. The number of fused-ring (bicyclic) bond motifs is 2. The molecule has 2 heterocycles. The maximum atomic E-state index is 13.1. The lowest BCUT2D eigenvalue weighted by molar-refractivity contribution is -0.122. The molecular weight excluding hydrogens is 450 g/mol. The number of nitrogen functional groups attached to an aromatic ring is 1. The van der Waals surface area contributed by atoms with Crippen LogP contribution in [0, 0.1) is 0 Å². The third-order valence-electron chi connectivity index (χ3n) is 7.17. The number of nitrogens with one attached hydrogen (secondary N) is 2. The first-order valence-electron chi connectivity index (χ1n) is 12.5. The minimum absolute atomic E-state index is 0.0273. The molecular formula is C29H33N5O2. The zero-order valence-electron chi connectivity index (χ0n) is 20.9. The molecule has 1 unspecified atom stereocenters. The maximum absolute atomic E-state index is 13.1. The molecule has 0 aliphatic carbocycles. The molecule has 3 aromatic carbocycles. The Hall–Kier alpha value is -3.84. The van der Waals surface area contributed by atoms with E-state index in [2.05, 4.69) is 39.6 Å².